The minimum absolute atomic E-state index is 0.0436. The molecular weight excluding hydrogens is 476 g/mol. The summed E-state index contributed by atoms with van der Waals surface area (Å²) in [6, 6.07) is 2.22. The summed E-state index contributed by atoms with van der Waals surface area (Å²) in [6.45, 7) is 13.9. The van der Waals surface area contributed by atoms with E-state index in [1.165, 1.54) is 27.8 Å². The molecule has 1 aromatic carbocycles. The first-order valence-corrected chi connectivity index (χ1v) is 14.0. The normalized spacial score (nSPS) is 22.2. The molecule has 0 unspecified atom stereocenters. The van der Waals surface area contributed by atoms with E-state index in [1.807, 2.05) is 29.0 Å². The van der Waals surface area contributed by atoms with Crippen molar-refractivity contribution in [2.24, 2.45) is 27.2 Å². The minimum atomic E-state index is -0.374. The van der Waals surface area contributed by atoms with E-state index in [0.717, 1.165) is 24.1 Å². The third-order valence-corrected chi connectivity index (χ3v) is 8.38. The van der Waals surface area contributed by atoms with Crippen LogP contribution in [0.2, 0.25) is 0 Å². The van der Waals surface area contributed by atoms with E-state index in [0.29, 0.717) is 39.1 Å². The van der Waals surface area contributed by atoms with Crippen molar-refractivity contribution in [3.63, 3.8) is 0 Å². The highest BCUT2D eigenvalue weighted by molar-refractivity contribution is 6.09. The van der Waals surface area contributed by atoms with Crippen LogP contribution in [-0.4, -0.2) is 65.5 Å². The molecule has 4 aliphatic heterocycles. The summed E-state index contributed by atoms with van der Waals surface area (Å²) < 4.78 is 0. The Morgan fingerprint density at radius 1 is 1.08 bits per heavy atom. The van der Waals surface area contributed by atoms with E-state index >= 15 is 0 Å². The van der Waals surface area contributed by atoms with Crippen molar-refractivity contribution in [2.45, 2.75) is 73.4 Å². The highest BCUT2D eigenvalue weighted by Crippen LogP contribution is 2.35. The lowest BCUT2D eigenvalue weighted by molar-refractivity contribution is -0.142. The average molecular weight is 517 g/mol. The number of carbonyl (C=O) groups excluding carboxylic acids is 3. The van der Waals surface area contributed by atoms with E-state index in [9.17, 15) is 14.4 Å². The number of hydrogen-bond donors (Lipinski definition) is 0. The summed E-state index contributed by atoms with van der Waals surface area (Å²) in [6.07, 6.45) is 6.25. The molecule has 4 aliphatic rings. The molecule has 1 aromatic rings. The van der Waals surface area contributed by atoms with Crippen molar-refractivity contribution < 1.29 is 14.4 Å². The van der Waals surface area contributed by atoms with Gasteiger partial charge in [-0.15, -0.1) is 0 Å². The molecule has 0 spiro atoms. The highest BCUT2D eigenvalue weighted by Gasteiger charge is 2.37. The van der Waals surface area contributed by atoms with Gasteiger partial charge in [0.25, 0.3) is 0 Å². The van der Waals surface area contributed by atoms with Crippen molar-refractivity contribution in [3.05, 3.63) is 45.5 Å². The molecule has 0 saturated carbocycles. The molecule has 1 saturated heterocycles. The molecule has 0 aliphatic carbocycles. The number of aryl methyl sites for hydroxylation is 1. The van der Waals surface area contributed by atoms with Crippen LogP contribution in [-0.2, 0) is 33.9 Å². The molecule has 7 nitrogen and oxygen atoms in total. The Morgan fingerprint density at radius 2 is 1.82 bits per heavy atom. The predicted octanol–water partition coefficient (Wildman–Crippen LogP) is 4.07. The zero-order valence-electron chi connectivity index (χ0n) is 23.5. The van der Waals surface area contributed by atoms with Gasteiger partial charge in [0.05, 0.1) is 12.5 Å². The zero-order valence-corrected chi connectivity index (χ0v) is 23.5. The Morgan fingerprint density at radius 3 is 2.53 bits per heavy atom. The topological polar surface area (TPSA) is 82.4 Å². The molecule has 7 heteroatoms. The summed E-state index contributed by atoms with van der Waals surface area (Å²) in [7, 11) is 0. The quantitative estimate of drug-likeness (QED) is 0.605. The second-order valence-electron chi connectivity index (χ2n) is 12.7. The number of fused-ring (bicyclic) bond motifs is 3. The van der Waals surface area contributed by atoms with E-state index in [-0.39, 0.29) is 47.8 Å². The van der Waals surface area contributed by atoms with Gasteiger partial charge in [-0.1, -0.05) is 26.8 Å². The summed E-state index contributed by atoms with van der Waals surface area (Å²) in [5.41, 5.74) is 7.74. The van der Waals surface area contributed by atoms with Gasteiger partial charge in [0.1, 0.15) is 6.54 Å². The van der Waals surface area contributed by atoms with Crippen molar-refractivity contribution in [2.75, 3.05) is 26.2 Å². The Labute approximate surface area is 226 Å². The molecule has 0 radical (unpaired) electrons. The largest absolute Gasteiger partial charge is 0.343 e. The van der Waals surface area contributed by atoms with Crippen molar-refractivity contribution in [1.82, 2.24) is 9.80 Å². The van der Waals surface area contributed by atoms with E-state index in [1.54, 1.807) is 0 Å². The second kappa shape index (κ2) is 10.2. The maximum absolute atomic E-state index is 13.9. The number of aliphatic imine (C=N–C) groups is 2. The molecular formula is C31H40N4O3. The number of ketones is 1. The van der Waals surface area contributed by atoms with Gasteiger partial charge in [0.2, 0.25) is 11.8 Å². The molecule has 38 heavy (non-hydrogen) atoms. The maximum Gasteiger partial charge on any atom is 0.226 e. The molecule has 4 heterocycles. The Bertz CT molecular complexity index is 1260. The highest BCUT2D eigenvalue weighted by atomic mass is 16.2. The average Bonchev–Trinajstić information content (AvgIpc) is 3.32. The Balaban J connectivity index is 1.33. The lowest BCUT2D eigenvalue weighted by Gasteiger charge is -2.35. The lowest BCUT2D eigenvalue weighted by Crippen LogP contribution is -2.44. The molecule has 0 N–H and O–H groups in total. The van der Waals surface area contributed by atoms with Crippen molar-refractivity contribution in [1.29, 1.82) is 0 Å². The first-order chi connectivity index (χ1) is 18.0. The first kappa shape index (κ1) is 26.5. The van der Waals surface area contributed by atoms with Gasteiger partial charge in [0.15, 0.2) is 5.78 Å². The number of nitrogens with zero attached hydrogens (tertiary/aromatic N) is 4. The molecule has 0 bridgehead atoms. The number of allylic oxidation sites excluding steroid dienone is 1. The van der Waals surface area contributed by atoms with Gasteiger partial charge in [-0.2, -0.15) is 0 Å². The monoisotopic (exact) mass is 516 g/mol. The number of amides is 2. The molecule has 5 rings (SSSR count). The summed E-state index contributed by atoms with van der Waals surface area (Å²) in [5, 5.41) is 0. The molecule has 1 fully saturated rings. The number of likely N-dealkylation sites (tertiary alicyclic amines) is 1. The van der Waals surface area contributed by atoms with Gasteiger partial charge in [-0.25, -0.2) is 0 Å². The van der Waals surface area contributed by atoms with Gasteiger partial charge in [0, 0.05) is 55.7 Å². The van der Waals surface area contributed by atoms with Crippen LogP contribution in [0, 0.1) is 24.2 Å². The van der Waals surface area contributed by atoms with Crippen molar-refractivity contribution >= 4 is 29.5 Å². The Kier molecular flexibility index (Phi) is 7.14. The number of rotatable bonds is 4. The summed E-state index contributed by atoms with van der Waals surface area (Å²) in [5.74, 6) is 0.0304. The molecule has 202 valence electrons. The van der Waals surface area contributed by atoms with Crippen molar-refractivity contribution in [3.8, 4) is 0 Å². The summed E-state index contributed by atoms with van der Waals surface area (Å²) >= 11 is 0. The molecule has 0 aromatic heterocycles. The van der Waals surface area contributed by atoms with Gasteiger partial charge in [-0.3, -0.25) is 24.4 Å². The van der Waals surface area contributed by atoms with Crippen LogP contribution < -0.4 is 0 Å². The maximum atomic E-state index is 13.9. The van der Waals surface area contributed by atoms with Crippen LogP contribution in [0.5, 0.6) is 0 Å². The standard InChI is InChI=1S/C31H40N4O3/c1-19-10-22-12-23(30(38)35(18-31(3,4)5)17-27(22)26-15-32-14-25(19)26)13-29(37)34-8-6-21(7-9-34)24-11-20(2)33-16-28(24)36/h10-11,15,21,23H,6-9,12-14,16-18H2,1-5H3/t23-/m0/s1. The molecule has 1 atom stereocenters. The second-order valence-corrected chi connectivity index (χ2v) is 12.7. The minimum Gasteiger partial charge on any atom is -0.343 e. The van der Waals surface area contributed by atoms with Gasteiger partial charge in [-0.05, 0) is 72.8 Å². The number of piperidine rings is 1. The first-order valence-electron chi connectivity index (χ1n) is 14.0. The summed E-state index contributed by atoms with van der Waals surface area (Å²) in [4.78, 5) is 52.4. The predicted molar refractivity (Wildman–Crippen MR) is 150 cm³/mol. The van der Waals surface area contributed by atoms with Crippen LogP contribution in [0.3, 0.4) is 0 Å². The number of carbonyl (C=O) groups is 3. The molecule has 2 amide bonds. The van der Waals surface area contributed by atoms with E-state index in [2.05, 4.69) is 43.7 Å². The van der Waals surface area contributed by atoms with Crippen LogP contribution in [0.1, 0.15) is 74.8 Å². The fourth-order valence-electron chi connectivity index (χ4n) is 6.48. The fourth-order valence-corrected chi connectivity index (χ4v) is 6.48. The lowest BCUT2D eigenvalue weighted by atomic mass is 9.84. The van der Waals surface area contributed by atoms with Crippen LogP contribution in [0.15, 0.2) is 27.7 Å². The number of dihydropyridines is 1. The third-order valence-electron chi connectivity index (χ3n) is 8.38. The van der Waals surface area contributed by atoms with Crippen LogP contribution in [0.25, 0.3) is 0 Å². The van der Waals surface area contributed by atoms with Crippen LogP contribution >= 0.6 is 0 Å². The Hall–Kier alpha value is -3.09. The zero-order chi connectivity index (χ0) is 27.2. The number of Topliss-reactive ketones (excluding diaryl/α,β-unsaturated/α-hetero) is 1. The number of hydrogen-bond acceptors (Lipinski definition) is 5. The number of benzene rings is 1. The smallest absolute Gasteiger partial charge is 0.226 e. The fraction of sp³-hybridized carbons (Fsp3) is 0.581. The van der Waals surface area contributed by atoms with Crippen LogP contribution in [0.4, 0.5) is 0 Å². The van der Waals surface area contributed by atoms with E-state index < -0.39 is 0 Å². The third kappa shape index (κ3) is 5.38. The SMILES string of the molecule is CC1=NCC(=O)C(C2CCN(C(=O)C[C@@H]3Cc4cc(C)c5c(c4CN(CC(C)(C)C)C3=O)C=NC5)CC2)=C1. The van der Waals surface area contributed by atoms with Gasteiger partial charge < -0.3 is 9.80 Å². The van der Waals surface area contributed by atoms with Gasteiger partial charge >= 0.3 is 0 Å². The van der Waals surface area contributed by atoms with E-state index in [4.69, 9.17) is 0 Å².